The van der Waals surface area contributed by atoms with Crippen molar-refractivity contribution >= 4 is 27.3 Å². The number of nitrogens with zero attached hydrogens (tertiary/aromatic N) is 2. The molecule has 1 unspecified atom stereocenters. The van der Waals surface area contributed by atoms with E-state index in [0.717, 1.165) is 17.4 Å². The van der Waals surface area contributed by atoms with Gasteiger partial charge in [0.25, 0.3) is 0 Å². The number of nitrogens with one attached hydrogen (secondary N) is 1. The van der Waals surface area contributed by atoms with Gasteiger partial charge in [-0.15, -0.1) is 11.3 Å². The van der Waals surface area contributed by atoms with Crippen LogP contribution in [0.5, 0.6) is 0 Å². The van der Waals surface area contributed by atoms with Gasteiger partial charge in [-0.25, -0.2) is 0 Å². The molecular weight excluding hydrogens is 334 g/mol. The van der Waals surface area contributed by atoms with Crippen molar-refractivity contribution in [3.8, 4) is 0 Å². The minimum Gasteiger partial charge on any atom is -0.304 e. The molecule has 0 saturated carbocycles. The summed E-state index contributed by atoms with van der Waals surface area (Å²) in [7, 11) is 2.02. The van der Waals surface area contributed by atoms with Crippen molar-refractivity contribution < 1.29 is 0 Å². The van der Waals surface area contributed by atoms with Gasteiger partial charge in [-0.2, -0.15) is 5.10 Å². The highest BCUT2D eigenvalue weighted by Gasteiger charge is 2.24. The van der Waals surface area contributed by atoms with Crippen molar-refractivity contribution in [3.63, 3.8) is 0 Å². The third-order valence-corrected chi connectivity index (χ3v) is 5.77. The summed E-state index contributed by atoms with van der Waals surface area (Å²) < 4.78 is 3.06. The summed E-state index contributed by atoms with van der Waals surface area (Å²) in [5.74, 6) is 0. The Kier molecular flexibility index (Phi) is 4.29. The second-order valence-corrected chi connectivity index (χ2v) is 7.36. The van der Waals surface area contributed by atoms with E-state index in [4.69, 9.17) is 0 Å². The van der Waals surface area contributed by atoms with Crippen LogP contribution in [0, 0.1) is 0 Å². The third-order valence-electron chi connectivity index (χ3n) is 3.86. The van der Waals surface area contributed by atoms with Crippen LogP contribution in [-0.4, -0.2) is 16.3 Å². The van der Waals surface area contributed by atoms with Gasteiger partial charge in [0.05, 0.1) is 22.4 Å². The molecule has 1 aliphatic rings. The SMILES string of the molecule is CCCNC(c1cc2c(s1)CCC2)c1c(Br)cnn1C. The summed E-state index contributed by atoms with van der Waals surface area (Å²) in [6.07, 6.45) is 6.85. The van der Waals surface area contributed by atoms with E-state index >= 15 is 0 Å². The molecule has 1 N–H and O–H groups in total. The number of hydrogen-bond acceptors (Lipinski definition) is 3. The number of thiophene rings is 1. The normalized spacial score (nSPS) is 15.6. The maximum atomic E-state index is 4.37. The van der Waals surface area contributed by atoms with Crippen LogP contribution in [0.4, 0.5) is 0 Å². The summed E-state index contributed by atoms with van der Waals surface area (Å²) in [5.41, 5.74) is 2.78. The third kappa shape index (κ3) is 2.59. The minimum atomic E-state index is 0.243. The van der Waals surface area contributed by atoms with Crippen molar-refractivity contribution in [2.24, 2.45) is 7.05 Å². The molecule has 0 saturated heterocycles. The summed E-state index contributed by atoms with van der Waals surface area (Å²) in [4.78, 5) is 3.01. The van der Waals surface area contributed by atoms with Crippen LogP contribution in [0.2, 0.25) is 0 Å². The number of halogens is 1. The molecular formula is C15H20BrN3S. The van der Waals surface area contributed by atoms with E-state index in [-0.39, 0.29) is 6.04 Å². The fourth-order valence-corrected chi connectivity index (χ4v) is 4.77. The fourth-order valence-electron chi connectivity index (χ4n) is 2.86. The molecule has 2 aromatic heterocycles. The highest BCUT2D eigenvalue weighted by Crippen LogP contribution is 2.37. The van der Waals surface area contributed by atoms with Crippen LogP contribution in [0.1, 0.15) is 46.8 Å². The molecule has 2 heterocycles. The molecule has 0 bridgehead atoms. The monoisotopic (exact) mass is 353 g/mol. The van der Waals surface area contributed by atoms with Gasteiger partial charge in [0.1, 0.15) is 0 Å². The van der Waals surface area contributed by atoms with Crippen LogP contribution in [-0.2, 0) is 19.9 Å². The Morgan fingerprint density at radius 2 is 2.35 bits per heavy atom. The predicted molar refractivity (Wildman–Crippen MR) is 87.4 cm³/mol. The van der Waals surface area contributed by atoms with E-state index in [2.05, 4.69) is 39.3 Å². The topological polar surface area (TPSA) is 29.9 Å². The Bertz CT molecular complexity index is 561. The van der Waals surface area contributed by atoms with Crippen LogP contribution >= 0.6 is 27.3 Å². The number of aryl methyl sites for hydroxylation is 3. The van der Waals surface area contributed by atoms with E-state index in [0.29, 0.717) is 0 Å². The van der Waals surface area contributed by atoms with Gasteiger partial charge >= 0.3 is 0 Å². The lowest BCUT2D eigenvalue weighted by Crippen LogP contribution is -2.25. The maximum Gasteiger partial charge on any atom is 0.0853 e. The van der Waals surface area contributed by atoms with Crippen LogP contribution in [0.25, 0.3) is 0 Å². The average molecular weight is 354 g/mol. The van der Waals surface area contributed by atoms with Crippen molar-refractivity contribution in [1.29, 1.82) is 0 Å². The molecule has 0 spiro atoms. The van der Waals surface area contributed by atoms with Gasteiger partial charge in [0.15, 0.2) is 0 Å². The van der Waals surface area contributed by atoms with Crippen molar-refractivity contribution in [2.75, 3.05) is 6.54 Å². The lowest BCUT2D eigenvalue weighted by molar-refractivity contribution is 0.558. The number of aromatic nitrogens is 2. The zero-order valence-corrected chi connectivity index (χ0v) is 14.4. The first kappa shape index (κ1) is 14.3. The van der Waals surface area contributed by atoms with Gasteiger partial charge in [0, 0.05) is 16.8 Å². The largest absolute Gasteiger partial charge is 0.304 e. The van der Waals surface area contributed by atoms with Crippen LogP contribution in [0.15, 0.2) is 16.7 Å². The summed E-state index contributed by atoms with van der Waals surface area (Å²) in [6, 6.07) is 2.65. The highest BCUT2D eigenvalue weighted by atomic mass is 79.9. The summed E-state index contributed by atoms with van der Waals surface area (Å²) in [6.45, 7) is 3.22. The molecule has 108 valence electrons. The molecule has 0 aromatic carbocycles. The van der Waals surface area contributed by atoms with Crippen LogP contribution in [0.3, 0.4) is 0 Å². The fraction of sp³-hybridized carbons (Fsp3) is 0.533. The quantitative estimate of drug-likeness (QED) is 0.885. The molecule has 3 nitrogen and oxygen atoms in total. The first-order valence-electron chi connectivity index (χ1n) is 7.23. The Hall–Kier alpha value is -0.650. The Labute approximate surface area is 132 Å². The van der Waals surface area contributed by atoms with Crippen molar-refractivity contribution in [1.82, 2.24) is 15.1 Å². The number of fused-ring (bicyclic) bond motifs is 1. The van der Waals surface area contributed by atoms with Gasteiger partial charge < -0.3 is 5.32 Å². The Balaban J connectivity index is 1.97. The van der Waals surface area contributed by atoms with Gasteiger partial charge in [0.2, 0.25) is 0 Å². The smallest absolute Gasteiger partial charge is 0.0853 e. The van der Waals surface area contributed by atoms with Gasteiger partial charge in [-0.05, 0) is 59.8 Å². The van der Waals surface area contributed by atoms with E-state index in [1.807, 2.05) is 29.3 Å². The average Bonchev–Trinajstić information content (AvgIpc) is 3.08. The van der Waals surface area contributed by atoms with E-state index in [1.54, 1.807) is 10.4 Å². The minimum absolute atomic E-state index is 0.243. The highest BCUT2D eigenvalue weighted by molar-refractivity contribution is 9.10. The van der Waals surface area contributed by atoms with Gasteiger partial charge in [-0.1, -0.05) is 6.92 Å². The first-order chi connectivity index (χ1) is 9.70. The zero-order valence-electron chi connectivity index (χ0n) is 11.9. The molecule has 1 atom stereocenters. The predicted octanol–water partition coefficient (Wildman–Crippen LogP) is 3.82. The maximum absolute atomic E-state index is 4.37. The Morgan fingerprint density at radius 1 is 1.50 bits per heavy atom. The second kappa shape index (κ2) is 6.00. The zero-order chi connectivity index (χ0) is 14.1. The Morgan fingerprint density at radius 3 is 3.00 bits per heavy atom. The standard InChI is InChI=1S/C15H20BrN3S/c1-3-7-17-14(15-11(16)9-18-19(15)2)13-8-10-5-4-6-12(10)20-13/h8-9,14,17H,3-7H2,1-2H3. The molecule has 2 aromatic rings. The number of hydrogen-bond donors (Lipinski definition) is 1. The summed E-state index contributed by atoms with van der Waals surface area (Å²) in [5, 5.41) is 8.05. The lowest BCUT2D eigenvalue weighted by atomic mass is 10.1. The summed E-state index contributed by atoms with van der Waals surface area (Å²) >= 11 is 5.62. The van der Waals surface area contributed by atoms with E-state index in [1.165, 1.54) is 29.8 Å². The molecule has 5 heteroatoms. The van der Waals surface area contributed by atoms with Crippen molar-refractivity contribution in [2.45, 2.75) is 38.6 Å². The van der Waals surface area contributed by atoms with E-state index < -0.39 is 0 Å². The lowest BCUT2D eigenvalue weighted by Gasteiger charge is -2.18. The number of rotatable bonds is 5. The molecule has 20 heavy (non-hydrogen) atoms. The molecule has 0 aliphatic heterocycles. The molecule has 3 rings (SSSR count). The van der Waals surface area contributed by atoms with Crippen LogP contribution < -0.4 is 5.32 Å². The molecule has 0 radical (unpaired) electrons. The van der Waals surface area contributed by atoms with Crippen molar-refractivity contribution in [3.05, 3.63) is 37.7 Å². The first-order valence-corrected chi connectivity index (χ1v) is 8.84. The molecule has 0 fully saturated rings. The van der Waals surface area contributed by atoms with E-state index in [9.17, 15) is 0 Å². The van der Waals surface area contributed by atoms with Gasteiger partial charge in [-0.3, -0.25) is 4.68 Å². The molecule has 0 amide bonds. The molecule has 1 aliphatic carbocycles. The second-order valence-electron chi connectivity index (χ2n) is 5.34.